The first-order valence-corrected chi connectivity index (χ1v) is 8.67. The Balaban J connectivity index is 1.57. The summed E-state index contributed by atoms with van der Waals surface area (Å²) in [5.74, 6) is -0.836. The van der Waals surface area contributed by atoms with E-state index in [0.717, 1.165) is 29.3 Å². The number of carbonyl (C=O) groups excluding carboxylic acids is 2. The number of esters is 1. The molecule has 0 unspecified atom stereocenters. The Bertz CT molecular complexity index is 801. The number of nitrogens with one attached hydrogen (secondary N) is 1. The minimum absolute atomic E-state index is 0.309. The summed E-state index contributed by atoms with van der Waals surface area (Å²) in [4.78, 5) is 24.1. The third-order valence-electron chi connectivity index (χ3n) is 4.07. The van der Waals surface area contributed by atoms with Crippen LogP contribution in [0.5, 0.6) is 0 Å². The number of carbonyl (C=O) groups is 2. The van der Waals surface area contributed by atoms with E-state index >= 15 is 0 Å². The molecule has 5 heteroatoms. The lowest BCUT2D eigenvalue weighted by Gasteiger charge is -2.09. The molecule has 3 rings (SSSR count). The van der Waals surface area contributed by atoms with Crippen molar-refractivity contribution in [1.82, 2.24) is 0 Å². The summed E-state index contributed by atoms with van der Waals surface area (Å²) in [6.45, 7) is 1.66. The maximum Gasteiger partial charge on any atom is 0.338 e. The van der Waals surface area contributed by atoms with E-state index in [1.807, 2.05) is 31.2 Å². The molecule has 1 amide bonds. The van der Waals surface area contributed by atoms with Crippen molar-refractivity contribution in [2.75, 3.05) is 11.9 Å². The highest BCUT2D eigenvalue weighted by Gasteiger charge is 2.16. The number of ether oxygens (including phenoxy) is 1. The summed E-state index contributed by atoms with van der Waals surface area (Å²) in [7, 11) is 0. The summed E-state index contributed by atoms with van der Waals surface area (Å²) in [6.07, 6.45) is 3.19. The number of hydrogen-bond acceptors (Lipinski definition) is 3. The van der Waals surface area contributed by atoms with Crippen LogP contribution in [0.2, 0.25) is 0 Å². The number of benzene rings is 2. The van der Waals surface area contributed by atoms with Crippen molar-refractivity contribution in [1.29, 1.82) is 0 Å². The molecule has 1 aliphatic carbocycles. The van der Waals surface area contributed by atoms with Crippen LogP contribution in [0.25, 0.3) is 0 Å². The first-order chi connectivity index (χ1) is 11.5. The quantitative estimate of drug-likeness (QED) is 0.805. The van der Waals surface area contributed by atoms with Crippen molar-refractivity contribution in [3.63, 3.8) is 0 Å². The third kappa shape index (κ3) is 3.85. The number of aryl methyl sites for hydroxylation is 3. The summed E-state index contributed by atoms with van der Waals surface area (Å²) in [5, 5.41) is 2.72. The molecule has 1 aliphatic rings. The lowest BCUT2D eigenvalue weighted by atomic mass is 10.1. The van der Waals surface area contributed by atoms with Gasteiger partial charge in [-0.3, -0.25) is 4.79 Å². The smallest absolute Gasteiger partial charge is 0.338 e. The molecule has 0 bridgehead atoms. The molecule has 0 atom stereocenters. The van der Waals surface area contributed by atoms with Gasteiger partial charge in [-0.15, -0.1) is 0 Å². The lowest BCUT2D eigenvalue weighted by molar-refractivity contribution is -0.119. The fourth-order valence-electron chi connectivity index (χ4n) is 2.82. The first kappa shape index (κ1) is 16.7. The van der Waals surface area contributed by atoms with Crippen molar-refractivity contribution in [3.05, 3.63) is 63.1 Å². The Morgan fingerprint density at radius 2 is 1.92 bits per heavy atom. The van der Waals surface area contributed by atoms with Crippen LogP contribution in [-0.2, 0) is 22.4 Å². The Morgan fingerprint density at radius 3 is 2.71 bits per heavy atom. The van der Waals surface area contributed by atoms with E-state index in [2.05, 4.69) is 21.2 Å². The van der Waals surface area contributed by atoms with Crippen LogP contribution in [0.3, 0.4) is 0 Å². The van der Waals surface area contributed by atoms with Gasteiger partial charge >= 0.3 is 5.97 Å². The summed E-state index contributed by atoms with van der Waals surface area (Å²) in [6, 6.07) is 11.2. The standard InChI is InChI=1S/C19H18BrNO3/c1-12-5-8-17(16(20)9-12)21-18(22)11-24-19(23)15-7-6-13-3-2-4-14(13)10-15/h5-10H,2-4,11H2,1H3,(H,21,22). The molecule has 0 saturated carbocycles. The Labute approximate surface area is 149 Å². The Kier molecular flexibility index (Phi) is 5.00. The second kappa shape index (κ2) is 7.18. The first-order valence-electron chi connectivity index (χ1n) is 7.88. The van der Waals surface area contributed by atoms with Crippen molar-refractivity contribution in [3.8, 4) is 0 Å². The Hall–Kier alpha value is -2.14. The van der Waals surface area contributed by atoms with E-state index in [9.17, 15) is 9.59 Å². The minimum Gasteiger partial charge on any atom is -0.452 e. The lowest BCUT2D eigenvalue weighted by Crippen LogP contribution is -2.21. The van der Waals surface area contributed by atoms with Gasteiger partial charge in [0.25, 0.3) is 5.91 Å². The van der Waals surface area contributed by atoms with Gasteiger partial charge in [-0.25, -0.2) is 4.79 Å². The third-order valence-corrected chi connectivity index (χ3v) is 4.72. The number of anilines is 1. The maximum absolute atomic E-state index is 12.1. The fraction of sp³-hybridized carbons (Fsp3) is 0.263. The molecule has 0 fully saturated rings. The maximum atomic E-state index is 12.1. The molecule has 2 aromatic rings. The molecule has 2 aromatic carbocycles. The van der Waals surface area contributed by atoms with Crippen molar-refractivity contribution in [2.24, 2.45) is 0 Å². The number of amides is 1. The molecule has 0 radical (unpaired) electrons. The molecule has 0 spiro atoms. The van der Waals surface area contributed by atoms with E-state index in [1.165, 1.54) is 11.1 Å². The van der Waals surface area contributed by atoms with Gasteiger partial charge in [-0.05, 0) is 83.1 Å². The van der Waals surface area contributed by atoms with Crippen LogP contribution in [0.15, 0.2) is 40.9 Å². The molecule has 124 valence electrons. The molecule has 0 aliphatic heterocycles. The van der Waals surface area contributed by atoms with Crippen molar-refractivity contribution in [2.45, 2.75) is 26.2 Å². The normalized spacial score (nSPS) is 12.6. The van der Waals surface area contributed by atoms with Gasteiger partial charge < -0.3 is 10.1 Å². The average Bonchev–Trinajstić information content (AvgIpc) is 3.03. The molecule has 0 saturated heterocycles. The second-order valence-corrected chi connectivity index (χ2v) is 6.80. The van der Waals surface area contributed by atoms with E-state index < -0.39 is 5.97 Å². The second-order valence-electron chi connectivity index (χ2n) is 5.94. The molecule has 1 N–H and O–H groups in total. The van der Waals surface area contributed by atoms with E-state index in [4.69, 9.17) is 4.74 Å². The topological polar surface area (TPSA) is 55.4 Å². The predicted octanol–water partition coefficient (Wildman–Crippen LogP) is 4.04. The molecule has 24 heavy (non-hydrogen) atoms. The predicted molar refractivity (Wildman–Crippen MR) is 96.3 cm³/mol. The van der Waals surface area contributed by atoms with Crippen LogP contribution in [0, 0.1) is 6.92 Å². The van der Waals surface area contributed by atoms with Gasteiger partial charge in [-0.1, -0.05) is 12.1 Å². The van der Waals surface area contributed by atoms with E-state index in [1.54, 1.807) is 12.1 Å². The van der Waals surface area contributed by atoms with Gasteiger partial charge in [0, 0.05) is 4.47 Å². The molecule has 0 heterocycles. The zero-order chi connectivity index (χ0) is 17.1. The zero-order valence-corrected chi connectivity index (χ0v) is 15.0. The SMILES string of the molecule is Cc1ccc(NC(=O)COC(=O)c2ccc3c(c2)CCC3)c(Br)c1. The number of fused-ring (bicyclic) bond motifs is 1. The van der Waals surface area contributed by atoms with E-state index in [0.29, 0.717) is 11.3 Å². The van der Waals surface area contributed by atoms with Gasteiger partial charge in [0.1, 0.15) is 0 Å². The zero-order valence-electron chi connectivity index (χ0n) is 13.4. The molecular formula is C19H18BrNO3. The molecule has 4 nitrogen and oxygen atoms in total. The van der Waals surface area contributed by atoms with E-state index in [-0.39, 0.29) is 12.5 Å². The Morgan fingerprint density at radius 1 is 1.12 bits per heavy atom. The minimum atomic E-state index is -0.470. The van der Waals surface area contributed by atoms with Gasteiger partial charge in [0.05, 0.1) is 11.3 Å². The van der Waals surface area contributed by atoms with Crippen molar-refractivity contribution >= 4 is 33.5 Å². The summed E-state index contributed by atoms with van der Waals surface area (Å²) >= 11 is 3.40. The number of halogens is 1. The van der Waals surface area contributed by atoms with Crippen LogP contribution in [-0.4, -0.2) is 18.5 Å². The van der Waals surface area contributed by atoms with Crippen LogP contribution in [0.1, 0.15) is 33.5 Å². The average molecular weight is 388 g/mol. The largest absolute Gasteiger partial charge is 0.452 e. The van der Waals surface area contributed by atoms with Gasteiger partial charge in [-0.2, -0.15) is 0 Å². The highest BCUT2D eigenvalue weighted by Crippen LogP contribution is 2.24. The highest BCUT2D eigenvalue weighted by molar-refractivity contribution is 9.10. The fourth-order valence-corrected chi connectivity index (χ4v) is 3.41. The summed E-state index contributed by atoms with van der Waals surface area (Å²) in [5.41, 5.74) is 4.74. The monoisotopic (exact) mass is 387 g/mol. The molecule has 0 aromatic heterocycles. The number of rotatable bonds is 4. The van der Waals surface area contributed by atoms with Crippen LogP contribution in [0.4, 0.5) is 5.69 Å². The van der Waals surface area contributed by atoms with Gasteiger partial charge in [0.2, 0.25) is 0 Å². The number of hydrogen-bond donors (Lipinski definition) is 1. The molecular weight excluding hydrogens is 370 g/mol. The van der Waals surface area contributed by atoms with Crippen molar-refractivity contribution < 1.29 is 14.3 Å². The summed E-state index contributed by atoms with van der Waals surface area (Å²) < 4.78 is 5.91. The highest BCUT2D eigenvalue weighted by atomic mass is 79.9. The van der Waals surface area contributed by atoms with Crippen LogP contribution < -0.4 is 5.32 Å². The van der Waals surface area contributed by atoms with Crippen LogP contribution >= 0.6 is 15.9 Å². The van der Waals surface area contributed by atoms with Gasteiger partial charge in [0.15, 0.2) is 6.61 Å².